The topological polar surface area (TPSA) is 83.7 Å². The average molecular weight is 309 g/mol. The summed E-state index contributed by atoms with van der Waals surface area (Å²) in [6.45, 7) is 5.56. The van der Waals surface area contributed by atoms with Gasteiger partial charge in [-0.1, -0.05) is 20.8 Å². The van der Waals surface area contributed by atoms with E-state index < -0.39 is 5.91 Å². The molecule has 2 aromatic rings. The number of aliphatic hydroxyl groups is 1. The van der Waals surface area contributed by atoms with Gasteiger partial charge in [0.25, 0.3) is 11.5 Å². The first-order valence-electron chi connectivity index (χ1n) is 6.89. The second-order valence-corrected chi connectivity index (χ2v) is 6.02. The zero-order valence-electron chi connectivity index (χ0n) is 12.3. The third kappa shape index (κ3) is 2.98. The lowest BCUT2D eigenvalue weighted by Crippen LogP contribution is -2.43. The van der Waals surface area contributed by atoms with Crippen LogP contribution in [-0.2, 0) is 6.42 Å². The van der Waals surface area contributed by atoms with E-state index in [0.717, 1.165) is 5.69 Å². The Labute approximate surface area is 126 Å². The number of amides is 1. The molecule has 0 aromatic carbocycles. The highest BCUT2D eigenvalue weighted by Gasteiger charge is 2.20. The standard InChI is InChI=1S/C14H19N3O3S/c1-4-9-7-21-14-15-5-10(13(20)17(9)14)12(19)16-11(6-18)8(2)3/h5,7-8,11,18H,4,6H2,1-3H3,(H,16,19)/t11-/m1/s1. The lowest BCUT2D eigenvalue weighted by molar-refractivity contribution is 0.0895. The van der Waals surface area contributed by atoms with Gasteiger partial charge in [0.15, 0.2) is 4.96 Å². The fourth-order valence-corrected chi connectivity index (χ4v) is 2.95. The second-order valence-electron chi connectivity index (χ2n) is 5.18. The summed E-state index contributed by atoms with van der Waals surface area (Å²) in [7, 11) is 0. The number of aliphatic hydroxyl groups excluding tert-OH is 1. The molecule has 2 rings (SSSR count). The summed E-state index contributed by atoms with van der Waals surface area (Å²) in [6, 6.07) is -0.384. The van der Waals surface area contributed by atoms with E-state index in [1.165, 1.54) is 21.9 Å². The van der Waals surface area contributed by atoms with Gasteiger partial charge in [0.2, 0.25) is 0 Å². The first-order chi connectivity index (χ1) is 9.99. The van der Waals surface area contributed by atoms with Crippen LogP contribution in [0.4, 0.5) is 0 Å². The quantitative estimate of drug-likeness (QED) is 0.865. The fourth-order valence-electron chi connectivity index (χ4n) is 2.02. The molecule has 0 fully saturated rings. The SMILES string of the molecule is CCc1csc2ncc(C(=O)N[C@H](CO)C(C)C)c(=O)n12. The van der Waals surface area contributed by atoms with Crippen LogP contribution >= 0.6 is 11.3 Å². The summed E-state index contributed by atoms with van der Waals surface area (Å²) in [4.78, 5) is 29.4. The van der Waals surface area contributed by atoms with Crippen LogP contribution in [0.2, 0.25) is 0 Å². The van der Waals surface area contributed by atoms with Crippen LogP contribution in [0.15, 0.2) is 16.4 Å². The minimum Gasteiger partial charge on any atom is -0.394 e. The number of hydrogen-bond donors (Lipinski definition) is 2. The Morgan fingerprint density at radius 2 is 2.24 bits per heavy atom. The smallest absolute Gasteiger partial charge is 0.271 e. The van der Waals surface area contributed by atoms with Crippen LogP contribution in [0.5, 0.6) is 0 Å². The van der Waals surface area contributed by atoms with Gasteiger partial charge >= 0.3 is 0 Å². The monoisotopic (exact) mass is 309 g/mol. The molecule has 114 valence electrons. The molecule has 0 bridgehead atoms. The Balaban J connectivity index is 2.40. The molecule has 21 heavy (non-hydrogen) atoms. The highest BCUT2D eigenvalue weighted by atomic mass is 32.1. The Morgan fingerprint density at radius 1 is 1.52 bits per heavy atom. The minimum absolute atomic E-state index is 0.000278. The maximum atomic E-state index is 12.5. The maximum Gasteiger partial charge on any atom is 0.271 e. The normalized spacial score (nSPS) is 12.8. The van der Waals surface area contributed by atoms with E-state index in [9.17, 15) is 14.7 Å². The number of aromatic nitrogens is 2. The molecule has 6 nitrogen and oxygen atoms in total. The third-order valence-electron chi connectivity index (χ3n) is 3.44. The molecular formula is C14H19N3O3S. The summed E-state index contributed by atoms with van der Waals surface area (Å²) in [5.41, 5.74) is 0.473. The first kappa shape index (κ1) is 15.7. The Bertz CT molecular complexity index is 705. The Hall–Kier alpha value is -1.73. The van der Waals surface area contributed by atoms with Gasteiger partial charge in [-0.2, -0.15) is 0 Å². The van der Waals surface area contributed by atoms with Gasteiger partial charge in [0.05, 0.1) is 12.6 Å². The molecule has 0 saturated carbocycles. The van der Waals surface area contributed by atoms with Crippen molar-refractivity contribution in [2.75, 3.05) is 6.61 Å². The summed E-state index contributed by atoms with van der Waals surface area (Å²) < 4.78 is 1.48. The summed E-state index contributed by atoms with van der Waals surface area (Å²) in [5.74, 6) is -0.423. The highest BCUT2D eigenvalue weighted by Crippen LogP contribution is 2.13. The van der Waals surface area contributed by atoms with E-state index in [1.807, 2.05) is 26.2 Å². The number of rotatable bonds is 5. The van der Waals surface area contributed by atoms with Crippen molar-refractivity contribution < 1.29 is 9.90 Å². The van der Waals surface area contributed by atoms with Crippen LogP contribution < -0.4 is 10.9 Å². The van der Waals surface area contributed by atoms with Crippen molar-refractivity contribution in [1.82, 2.24) is 14.7 Å². The number of nitrogens with one attached hydrogen (secondary N) is 1. The largest absolute Gasteiger partial charge is 0.394 e. The summed E-state index contributed by atoms with van der Waals surface area (Å²) >= 11 is 1.38. The molecule has 2 aromatic heterocycles. The van der Waals surface area contributed by atoms with Crippen LogP contribution in [0.25, 0.3) is 4.96 Å². The number of carbonyl (C=O) groups excluding carboxylic acids is 1. The van der Waals surface area contributed by atoms with Gasteiger partial charge in [0.1, 0.15) is 5.56 Å². The molecule has 7 heteroatoms. The van der Waals surface area contributed by atoms with Crippen molar-refractivity contribution in [3.8, 4) is 0 Å². The van der Waals surface area contributed by atoms with E-state index in [2.05, 4.69) is 10.3 Å². The molecule has 0 aliphatic heterocycles. The molecule has 0 unspecified atom stereocenters. The number of fused-ring (bicyclic) bond motifs is 1. The van der Waals surface area contributed by atoms with Gasteiger partial charge in [0, 0.05) is 17.3 Å². The lowest BCUT2D eigenvalue weighted by Gasteiger charge is -2.19. The number of thiazole rings is 1. The van der Waals surface area contributed by atoms with Crippen LogP contribution in [0.3, 0.4) is 0 Å². The number of nitrogens with zero attached hydrogens (tertiary/aromatic N) is 2. The van der Waals surface area contributed by atoms with E-state index in [0.29, 0.717) is 11.4 Å². The van der Waals surface area contributed by atoms with Crippen molar-refractivity contribution in [3.63, 3.8) is 0 Å². The lowest BCUT2D eigenvalue weighted by atomic mass is 10.1. The molecule has 2 heterocycles. The predicted octanol–water partition coefficient (Wildman–Crippen LogP) is 1.07. The van der Waals surface area contributed by atoms with E-state index >= 15 is 0 Å². The van der Waals surface area contributed by atoms with Crippen LogP contribution in [0, 0.1) is 5.92 Å². The first-order valence-corrected chi connectivity index (χ1v) is 7.77. The summed E-state index contributed by atoms with van der Waals surface area (Å²) in [5, 5.41) is 13.8. The molecule has 0 radical (unpaired) electrons. The third-order valence-corrected chi connectivity index (χ3v) is 4.33. The van der Waals surface area contributed by atoms with Gasteiger partial charge in [-0.15, -0.1) is 11.3 Å². The minimum atomic E-state index is -0.497. The molecule has 2 N–H and O–H groups in total. The molecule has 1 atom stereocenters. The molecule has 0 aliphatic rings. The Morgan fingerprint density at radius 3 is 2.81 bits per heavy atom. The van der Waals surface area contributed by atoms with Gasteiger partial charge in [-0.05, 0) is 12.3 Å². The Kier molecular flexibility index (Phi) is 4.74. The van der Waals surface area contributed by atoms with Crippen molar-refractivity contribution in [2.45, 2.75) is 33.2 Å². The van der Waals surface area contributed by atoms with Gasteiger partial charge in [-0.3, -0.25) is 14.0 Å². The zero-order valence-corrected chi connectivity index (χ0v) is 13.1. The second kappa shape index (κ2) is 6.36. The van der Waals surface area contributed by atoms with E-state index in [-0.39, 0.29) is 29.7 Å². The van der Waals surface area contributed by atoms with Gasteiger partial charge in [-0.25, -0.2) is 4.98 Å². The summed E-state index contributed by atoms with van der Waals surface area (Å²) in [6.07, 6.45) is 2.00. The number of hydrogen-bond acceptors (Lipinski definition) is 5. The maximum absolute atomic E-state index is 12.5. The molecular weight excluding hydrogens is 290 g/mol. The number of aryl methyl sites for hydroxylation is 1. The zero-order chi connectivity index (χ0) is 15.6. The molecule has 1 amide bonds. The van der Waals surface area contributed by atoms with Crippen molar-refractivity contribution in [3.05, 3.63) is 33.2 Å². The highest BCUT2D eigenvalue weighted by molar-refractivity contribution is 7.15. The van der Waals surface area contributed by atoms with Crippen molar-refractivity contribution >= 4 is 22.2 Å². The molecule has 0 aliphatic carbocycles. The molecule has 0 saturated heterocycles. The molecule has 0 spiro atoms. The van der Waals surface area contributed by atoms with Crippen molar-refractivity contribution in [2.24, 2.45) is 5.92 Å². The predicted molar refractivity (Wildman–Crippen MR) is 81.9 cm³/mol. The number of carbonyl (C=O) groups is 1. The fraction of sp³-hybridized carbons (Fsp3) is 0.500. The van der Waals surface area contributed by atoms with Crippen molar-refractivity contribution in [1.29, 1.82) is 0 Å². The van der Waals surface area contributed by atoms with E-state index in [4.69, 9.17) is 0 Å². The van der Waals surface area contributed by atoms with E-state index in [1.54, 1.807) is 0 Å². The van der Waals surface area contributed by atoms with Crippen LogP contribution in [0.1, 0.15) is 36.8 Å². The van der Waals surface area contributed by atoms with Crippen LogP contribution in [-0.4, -0.2) is 33.0 Å². The average Bonchev–Trinajstić information content (AvgIpc) is 2.88. The van der Waals surface area contributed by atoms with Gasteiger partial charge < -0.3 is 10.4 Å².